The Kier molecular flexibility index (Phi) is 5.18. The highest BCUT2D eigenvalue weighted by molar-refractivity contribution is 5.80. The average Bonchev–Trinajstić information content (AvgIpc) is 2.02. The predicted octanol–water partition coefficient (Wildman–Crippen LogP) is 3.04. The molecule has 0 saturated carbocycles. The van der Waals surface area contributed by atoms with Crippen LogP contribution in [0.5, 0.6) is 0 Å². The van der Waals surface area contributed by atoms with E-state index in [9.17, 15) is 4.79 Å². The summed E-state index contributed by atoms with van der Waals surface area (Å²) < 4.78 is 0. The quantitative estimate of drug-likeness (QED) is 0.598. The molecule has 0 aliphatic carbocycles. The second-order valence-corrected chi connectivity index (χ2v) is 3.39. The molecule has 0 spiro atoms. The highest BCUT2D eigenvalue weighted by atomic mass is 16.1. The lowest BCUT2D eigenvalue weighted by molar-refractivity contribution is -0.123. The van der Waals surface area contributed by atoms with E-state index in [0.717, 1.165) is 19.3 Å². The number of hydrogen-bond acceptors (Lipinski definition) is 1. The van der Waals surface area contributed by atoms with E-state index in [-0.39, 0.29) is 5.92 Å². The zero-order chi connectivity index (χ0) is 8.85. The second kappa shape index (κ2) is 5.34. The molecule has 0 aromatic heterocycles. The first kappa shape index (κ1) is 10.7. The highest BCUT2D eigenvalue weighted by Crippen LogP contribution is 2.17. The Morgan fingerprint density at radius 1 is 1.27 bits per heavy atom. The third-order valence-corrected chi connectivity index (χ3v) is 2.50. The minimum Gasteiger partial charge on any atom is -0.299 e. The third kappa shape index (κ3) is 3.54. The van der Waals surface area contributed by atoms with Crippen molar-refractivity contribution in [1.82, 2.24) is 0 Å². The Bertz CT molecular complexity index is 118. The smallest absolute Gasteiger partial charge is 0.135 e. The third-order valence-electron chi connectivity index (χ3n) is 2.50. The molecule has 0 aromatic carbocycles. The molecule has 1 heteroatoms. The van der Waals surface area contributed by atoms with E-state index in [1.807, 2.05) is 6.92 Å². The van der Waals surface area contributed by atoms with Crippen LogP contribution < -0.4 is 0 Å². The summed E-state index contributed by atoms with van der Waals surface area (Å²) in [5.41, 5.74) is 0. The maximum absolute atomic E-state index is 11.3. The Balaban J connectivity index is 3.80. The first-order chi connectivity index (χ1) is 5.13. The molecule has 0 amide bonds. The van der Waals surface area contributed by atoms with Gasteiger partial charge in [-0.05, 0) is 12.3 Å². The van der Waals surface area contributed by atoms with Crippen LogP contribution in [0.15, 0.2) is 0 Å². The zero-order valence-electron chi connectivity index (χ0n) is 8.18. The molecule has 0 aliphatic heterocycles. The predicted molar refractivity (Wildman–Crippen MR) is 48.5 cm³/mol. The molecule has 66 valence electrons. The zero-order valence-corrected chi connectivity index (χ0v) is 8.18. The van der Waals surface area contributed by atoms with Gasteiger partial charge in [-0.15, -0.1) is 0 Å². The van der Waals surface area contributed by atoms with E-state index < -0.39 is 0 Å². The average molecular weight is 156 g/mol. The van der Waals surface area contributed by atoms with Gasteiger partial charge in [0.25, 0.3) is 0 Å². The molecular weight excluding hydrogens is 136 g/mol. The number of carbonyl (C=O) groups is 1. The maximum atomic E-state index is 11.3. The van der Waals surface area contributed by atoms with Gasteiger partial charge >= 0.3 is 0 Å². The summed E-state index contributed by atoms with van der Waals surface area (Å²) in [6.45, 7) is 8.39. The fraction of sp³-hybridized carbons (Fsp3) is 0.900. The molecule has 0 saturated heterocycles. The molecule has 0 rings (SSSR count). The summed E-state index contributed by atoms with van der Waals surface area (Å²) >= 11 is 0. The monoisotopic (exact) mass is 156 g/mol. The van der Waals surface area contributed by atoms with E-state index in [0.29, 0.717) is 11.7 Å². The van der Waals surface area contributed by atoms with E-state index >= 15 is 0 Å². The molecule has 0 radical (unpaired) electrons. The van der Waals surface area contributed by atoms with Crippen molar-refractivity contribution in [3.8, 4) is 0 Å². The molecule has 2 atom stereocenters. The van der Waals surface area contributed by atoms with Crippen molar-refractivity contribution in [1.29, 1.82) is 0 Å². The van der Waals surface area contributed by atoms with Crippen molar-refractivity contribution in [3.05, 3.63) is 0 Å². The second-order valence-electron chi connectivity index (χ2n) is 3.39. The van der Waals surface area contributed by atoms with Crippen LogP contribution in [0.1, 0.15) is 47.0 Å². The van der Waals surface area contributed by atoms with Crippen LogP contribution in [-0.4, -0.2) is 5.78 Å². The SMILES string of the molecule is CCCC(=O)C(C)C(C)CC. The molecule has 0 fully saturated rings. The minimum atomic E-state index is 0.264. The van der Waals surface area contributed by atoms with Gasteiger partial charge in [-0.25, -0.2) is 0 Å². The normalized spacial score (nSPS) is 16.0. The molecule has 0 heterocycles. The van der Waals surface area contributed by atoms with Crippen molar-refractivity contribution in [3.63, 3.8) is 0 Å². The highest BCUT2D eigenvalue weighted by Gasteiger charge is 2.16. The van der Waals surface area contributed by atoms with Crippen molar-refractivity contribution in [2.75, 3.05) is 0 Å². The minimum absolute atomic E-state index is 0.264. The Labute approximate surface area is 70.2 Å². The maximum Gasteiger partial charge on any atom is 0.135 e. The molecule has 0 bridgehead atoms. The van der Waals surface area contributed by atoms with Crippen LogP contribution in [0, 0.1) is 11.8 Å². The van der Waals surface area contributed by atoms with Crippen LogP contribution in [0.2, 0.25) is 0 Å². The van der Waals surface area contributed by atoms with E-state index in [1.165, 1.54) is 0 Å². The number of carbonyl (C=O) groups excluding carboxylic acids is 1. The van der Waals surface area contributed by atoms with Gasteiger partial charge in [-0.2, -0.15) is 0 Å². The van der Waals surface area contributed by atoms with Gasteiger partial charge in [-0.3, -0.25) is 4.79 Å². The fourth-order valence-electron chi connectivity index (χ4n) is 1.14. The first-order valence-electron chi connectivity index (χ1n) is 4.66. The van der Waals surface area contributed by atoms with Gasteiger partial charge in [0.1, 0.15) is 5.78 Å². The van der Waals surface area contributed by atoms with Gasteiger partial charge < -0.3 is 0 Å². The van der Waals surface area contributed by atoms with Crippen molar-refractivity contribution in [2.45, 2.75) is 47.0 Å². The standard InChI is InChI=1S/C10H20O/c1-5-7-10(11)9(4)8(3)6-2/h8-9H,5-7H2,1-4H3. The molecule has 2 unspecified atom stereocenters. The van der Waals surface area contributed by atoms with E-state index in [4.69, 9.17) is 0 Å². The lowest BCUT2D eigenvalue weighted by atomic mass is 9.88. The number of ketones is 1. The van der Waals surface area contributed by atoms with Gasteiger partial charge in [0.2, 0.25) is 0 Å². The molecular formula is C10H20O. The summed E-state index contributed by atoms with van der Waals surface area (Å²) in [5, 5.41) is 0. The number of rotatable bonds is 5. The summed E-state index contributed by atoms with van der Waals surface area (Å²) in [7, 11) is 0. The van der Waals surface area contributed by atoms with Crippen LogP contribution in [0.4, 0.5) is 0 Å². The summed E-state index contributed by atoms with van der Waals surface area (Å²) in [6, 6.07) is 0. The molecule has 1 nitrogen and oxygen atoms in total. The molecule has 0 N–H and O–H groups in total. The number of Topliss-reactive ketones (excluding diaryl/α,β-unsaturated/α-hetero) is 1. The van der Waals surface area contributed by atoms with Gasteiger partial charge in [0, 0.05) is 12.3 Å². The Morgan fingerprint density at radius 3 is 2.18 bits per heavy atom. The summed E-state index contributed by atoms with van der Waals surface area (Å²) in [6.07, 6.45) is 2.85. The first-order valence-corrected chi connectivity index (χ1v) is 4.66. The van der Waals surface area contributed by atoms with Crippen LogP contribution in [0.25, 0.3) is 0 Å². The number of hydrogen-bond donors (Lipinski definition) is 0. The lowest BCUT2D eigenvalue weighted by Crippen LogP contribution is -2.17. The van der Waals surface area contributed by atoms with Crippen LogP contribution >= 0.6 is 0 Å². The van der Waals surface area contributed by atoms with Gasteiger partial charge in [0.15, 0.2) is 0 Å². The Morgan fingerprint density at radius 2 is 1.82 bits per heavy atom. The topological polar surface area (TPSA) is 17.1 Å². The van der Waals surface area contributed by atoms with Crippen LogP contribution in [0.3, 0.4) is 0 Å². The van der Waals surface area contributed by atoms with Gasteiger partial charge in [-0.1, -0.05) is 34.1 Å². The molecule has 0 aromatic rings. The van der Waals surface area contributed by atoms with E-state index in [1.54, 1.807) is 0 Å². The van der Waals surface area contributed by atoms with Crippen molar-refractivity contribution < 1.29 is 4.79 Å². The molecule has 0 aliphatic rings. The van der Waals surface area contributed by atoms with Gasteiger partial charge in [0.05, 0.1) is 0 Å². The fourth-order valence-corrected chi connectivity index (χ4v) is 1.14. The Hall–Kier alpha value is -0.330. The molecule has 11 heavy (non-hydrogen) atoms. The lowest BCUT2D eigenvalue weighted by Gasteiger charge is -2.16. The van der Waals surface area contributed by atoms with E-state index in [2.05, 4.69) is 20.8 Å². The van der Waals surface area contributed by atoms with Crippen molar-refractivity contribution >= 4 is 5.78 Å². The van der Waals surface area contributed by atoms with Crippen LogP contribution in [-0.2, 0) is 4.79 Å². The summed E-state index contributed by atoms with van der Waals surface area (Å²) in [5.74, 6) is 1.25. The van der Waals surface area contributed by atoms with Crippen molar-refractivity contribution in [2.24, 2.45) is 11.8 Å². The largest absolute Gasteiger partial charge is 0.299 e. The summed E-state index contributed by atoms with van der Waals surface area (Å²) in [4.78, 5) is 11.3.